The Morgan fingerprint density at radius 2 is 1.88 bits per heavy atom. The summed E-state index contributed by atoms with van der Waals surface area (Å²) < 4.78 is 0. The van der Waals surface area contributed by atoms with E-state index < -0.39 is 0 Å². The minimum atomic E-state index is 0.525. The summed E-state index contributed by atoms with van der Waals surface area (Å²) >= 11 is 1.74. The van der Waals surface area contributed by atoms with Gasteiger partial charge in [-0.25, -0.2) is 9.98 Å². The van der Waals surface area contributed by atoms with Gasteiger partial charge < -0.3 is 15.5 Å². The summed E-state index contributed by atoms with van der Waals surface area (Å²) in [5, 5.41) is 8.01. The first-order valence-electron chi connectivity index (χ1n) is 9.78. The van der Waals surface area contributed by atoms with Gasteiger partial charge in [-0.3, -0.25) is 4.90 Å². The second-order valence-electron chi connectivity index (χ2n) is 7.48. The number of guanidine groups is 1. The number of aryl methyl sites for hydroxylation is 2. The SMILES string of the molecule is CCNC(=NCc1nc(C)c(C)s1)NCC(C(C)C)N1CCN(C)CC1. The quantitative estimate of drug-likeness (QED) is 0.560. The summed E-state index contributed by atoms with van der Waals surface area (Å²) in [5.41, 5.74) is 1.12. The van der Waals surface area contributed by atoms with E-state index in [4.69, 9.17) is 4.99 Å². The van der Waals surface area contributed by atoms with Gasteiger partial charge >= 0.3 is 0 Å². The number of hydrogen-bond donors (Lipinski definition) is 2. The van der Waals surface area contributed by atoms with Crippen LogP contribution in [-0.2, 0) is 6.54 Å². The fourth-order valence-electron chi connectivity index (χ4n) is 3.24. The molecule has 0 aliphatic carbocycles. The minimum absolute atomic E-state index is 0.525. The first kappa shape index (κ1) is 21.1. The number of likely N-dealkylation sites (N-methyl/N-ethyl adjacent to an activating group) is 1. The van der Waals surface area contributed by atoms with Crippen molar-refractivity contribution in [2.24, 2.45) is 10.9 Å². The molecule has 1 aliphatic rings. The Balaban J connectivity index is 1.95. The van der Waals surface area contributed by atoms with E-state index in [9.17, 15) is 0 Å². The topological polar surface area (TPSA) is 55.8 Å². The van der Waals surface area contributed by atoms with Crippen molar-refractivity contribution in [2.75, 3.05) is 46.3 Å². The second kappa shape index (κ2) is 10.2. The van der Waals surface area contributed by atoms with E-state index in [0.717, 1.165) is 55.9 Å². The predicted molar refractivity (Wildman–Crippen MR) is 112 cm³/mol. The highest BCUT2D eigenvalue weighted by atomic mass is 32.1. The number of aliphatic imine (C=N–C) groups is 1. The third-order valence-corrected chi connectivity index (χ3v) is 6.10. The molecule has 2 rings (SSSR count). The van der Waals surface area contributed by atoms with Crippen molar-refractivity contribution in [2.45, 2.75) is 47.2 Å². The lowest BCUT2D eigenvalue weighted by Gasteiger charge is -2.40. The van der Waals surface area contributed by atoms with Crippen molar-refractivity contribution in [3.8, 4) is 0 Å². The molecule has 6 nitrogen and oxygen atoms in total. The zero-order chi connectivity index (χ0) is 19.1. The highest BCUT2D eigenvalue weighted by molar-refractivity contribution is 7.11. The van der Waals surface area contributed by atoms with E-state index in [0.29, 0.717) is 18.5 Å². The van der Waals surface area contributed by atoms with Crippen molar-refractivity contribution in [1.29, 1.82) is 0 Å². The van der Waals surface area contributed by atoms with Crippen LogP contribution in [0.3, 0.4) is 0 Å². The molecule has 1 fully saturated rings. The first-order valence-corrected chi connectivity index (χ1v) is 10.6. The first-order chi connectivity index (χ1) is 12.4. The van der Waals surface area contributed by atoms with E-state index in [1.165, 1.54) is 4.88 Å². The maximum Gasteiger partial charge on any atom is 0.191 e. The van der Waals surface area contributed by atoms with Crippen LogP contribution in [0.25, 0.3) is 0 Å². The standard InChI is InChI=1S/C19H36N6S/c1-7-20-19(22-13-18-23-15(4)16(5)26-18)21-12-17(14(2)3)25-10-8-24(6)9-11-25/h14,17H,7-13H2,1-6H3,(H2,20,21,22). The molecule has 7 heteroatoms. The maximum atomic E-state index is 4.74. The molecule has 0 saturated carbocycles. The molecular formula is C19H36N6S. The highest BCUT2D eigenvalue weighted by Gasteiger charge is 2.25. The molecule has 1 aliphatic heterocycles. The summed E-state index contributed by atoms with van der Waals surface area (Å²) in [4.78, 5) is 15.6. The monoisotopic (exact) mass is 380 g/mol. The van der Waals surface area contributed by atoms with Gasteiger partial charge in [-0.15, -0.1) is 11.3 Å². The molecule has 0 radical (unpaired) electrons. The molecule has 1 saturated heterocycles. The van der Waals surface area contributed by atoms with Crippen LogP contribution in [0.4, 0.5) is 0 Å². The van der Waals surface area contributed by atoms with Crippen LogP contribution in [-0.4, -0.2) is 73.1 Å². The molecule has 2 heterocycles. The van der Waals surface area contributed by atoms with Gasteiger partial charge in [0.15, 0.2) is 5.96 Å². The molecule has 0 aromatic carbocycles. The molecule has 1 atom stereocenters. The lowest BCUT2D eigenvalue weighted by atomic mass is 10.0. The van der Waals surface area contributed by atoms with E-state index in [2.05, 4.69) is 67.1 Å². The third-order valence-electron chi connectivity index (χ3n) is 5.04. The summed E-state index contributed by atoms with van der Waals surface area (Å²) in [7, 11) is 2.21. The summed E-state index contributed by atoms with van der Waals surface area (Å²) in [6, 6.07) is 0.525. The second-order valence-corrected chi connectivity index (χ2v) is 8.76. The summed E-state index contributed by atoms with van der Waals surface area (Å²) in [5.74, 6) is 1.50. The van der Waals surface area contributed by atoms with Gasteiger partial charge in [-0.05, 0) is 33.7 Å². The van der Waals surface area contributed by atoms with Crippen molar-refractivity contribution in [3.05, 3.63) is 15.6 Å². The molecular weight excluding hydrogens is 344 g/mol. The Morgan fingerprint density at radius 1 is 1.19 bits per heavy atom. The lowest BCUT2D eigenvalue weighted by molar-refractivity contribution is 0.0900. The molecule has 2 N–H and O–H groups in total. The number of thiazole rings is 1. The van der Waals surface area contributed by atoms with Gasteiger partial charge in [0, 0.05) is 50.2 Å². The van der Waals surface area contributed by atoms with Crippen LogP contribution in [0.5, 0.6) is 0 Å². The molecule has 0 amide bonds. The smallest absolute Gasteiger partial charge is 0.191 e. The Labute approximate surface area is 163 Å². The lowest BCUT2D eigenvalue weighted by Crippen LogP contribution is -2.55. The average Bonchev–Trinajstić information content (AvgIpc) is 2.92. The normalized spacial score (nSPS) is 18.3. The van der Waals surface area contributed by atoms with Crippen LogP contribution in [0.2, 0.25) is 0 Å². The van der Waals surface area contributed by atoms with Crippen molar-refractivity contribution in [1.82, 2.24) is 25.4 Å². The van der Waals surface area contributed by atoms with Crippen molar-refractivity contribution < 1.29 is 0 Å². The molecule has 0 bridgehead atoms. The number of nitrogens with zero attached hydrogens (tertiary/aromatic N) is 4. The molecule has 0 spiro atoms. The zero-order valence-electron chi connectivity index (χ0n) is 17.3. The van der Waals surface area contributed by atoms with E-state index in [1.54, 1.807) is 11.3 Å². The maximum absolute atomic E-state index is 4.74. The molecule has 26 heavy (non-hydrogen) atoms. The van der Waals surface area contributed by atoms with Gasteiger partial charge in [-0.1, -0.05) is 13.8 Å². The molecule has 1 aromatic heterocycles. The van der Waals surface area contributed by atoms with Gasteiger partial charge in [0.25, 0.3) is 0 Å². The van der Waals surface area contributed by atoms with Gasteiger partial charge in [-0.2, -0.15) is 0 Å². The number of rotatable bonds is 7. The predicted octanol–water partition coefficient (Wildman–Crippen LogP) is 2.09. The van der Waals surface area contributed by atoms with Crippen LogP contribution < -0.4 is 10.6 Å². The number of hydrogen-bond acceptors (Lipinski definition) is 5. The Hall–Kier alpha value is -1.18. The largest absolute Gasteiger partial charge is 0.357 e. The average molecular weight is 381 g/mol. The fraction of sp³-hybridized carbons (Fsp3) is 0.789. The van der Waals surface area contributed by atoms with Crippen LogP contribution in [0.1, 0.15) is 36.3 Å². The summed E-state index contributed by atoms with van der Waals surface area (Å²) in [6.07, 6.45) is 0. The van der Waals surface area contributed by atoms with Gasteiger partial charge in [0.1, 0.15) is 5.01 Å². The number of nitrogens with one attached hydrogen (secondary N) is 2. The summed E-state index contributed by atoms with van der Waals surface area (Å²) in [6.45, 7) is 17.9. The van der Waals surface area contributed by atoms with E-state index in [1.807, 2.05) is 0 Å². The Bertz CT molecular complexity index is 555. The Morgan fingerprint density at radius 3 is 2.42 bits per heavy atom. The third kappa shape index (κ3) is 6.21. The van der Waals surface area contributed by atoms with E-state index >= 15 is 0 Å². The van der Waals surface area contributed by atoms with Gasteiger partial charge in [0.2, 0.25) is 0 Å². The molecule has 1 aromatic rings. The van der Waals surface area contributed by atoms with Crippen LogP contribution in [0.15, 0.2) is 4.99 Å². The molecule has 1 unspecified atom stereocenters. The van der Waals surface area contributed by atoms with Gasteiger partial charge in [0.05, 0.1) is 12.2 Å². The van der Waals surface area contributed by atoms with Crippen LogP contribution in [0, 0.1) is 19.8 Å². The number of aromatic nitrogens is 1. The van der Waals surface area contributed by atoms with Crippen molar-refractivity contribution >= 4 is 17.3 Å². The highest BCUT2D eigenvalue weighted by Crippen LogP contribution is 2.17. The zero-order valence-corrected chi connectivity index (χ0v) is 18.1. The molecule has 148 valence electrons. The van der Waals surface area contributed by atoms with Crippen LogP contribution >= 0.6 is 11.3 Å². The fourth-order valence-corrected chi connectivity index (χ4v) is 4.09. The van der Waals surface area contributed by atoms with E-state index in [-0.39, 0.29) is 0 Å². The van der Waals surface area contributed by atoms with Crippen molar-refractivity contribution in [3.63, 3.8) is 0 Å². The minimum Gasteiger partial charge on any atom is -0.357 e. The Kier molecular flexibility index (Phi) is 8.31. The number of piperazine rings is 1.